The van der Waals surface area contributed by atoms with Gasteiger partial charge in [0.25, 0.3) is 0 Å². The number of nitrogens with zero attached hydrogens (tertiary/aromatic N) is 1. The minimum atomic E-state index is -3.39. The molecule has 6 heteroatoms. The van der Waals surface area contributed by atoms with Gasteiger partial charge in [0.1, 0.15) is 0 Å². The second kappa shape index (κ2) is 7.61. The third-order valence-electron chi connectivity index (χ3n) is 2.88. The summed E-state index contributed by atoms with van der Waals surface area (Å²) in [5.41, 5.74) is 7.19. The molecule has 5 nitrogen and oxygen atoms in total. The molecule has 0 aliphatic heterocycles. The van der Waals surface area contributed by atoms with Crippen molar-refractivity contribution in [2.24, 2.45) is 5.73 Å². The summed E-state index contributed by atoms with van der Waals surface area (Å²) < 4.78 is 31.4. The highest BCUT2D eigenvalue weighted by atomic mass is 32.2. The molecule has 0 radical (unpaired) electrons. The Labute approximate surface area is 121 Å². The van der Waals surface area contributed by atoms with Crippen LogP contribution in [0.5, 0.6) is 0 Å². The second-order valence-corrected chi connectivity index (χ2v) is 6.74. The van der Waals surface area contributed by atoms with E-state index in [9.17, 15) is 8.42 Å². The monoisotopic (exact) mass is 300 g/mol. The standard InChI is InChI=1S/C14H24N2O3S/c1-4-19-9-10-20(17,18)16(12(2)3)14-7-5-13(11-15)6-8-14/h5-8,12H,4,9-11,15H2,1-3H3. The maximum Gasteiger partial charge on any atom is 0.237 e. The van der Waals surface area contributed by atoms with Gasteiger partial charge in [0.15, 0.2) is 0 Å². The lowest BCUT2D eigenvalue weighted by molar-refractivity contribution is 0.163. The van der Waals surface area contributed by atoms with Crippen LogP contribution in [0.4, 0.5) is 5.69 Å². The number of benzene rings is 1. The van der Waals surface area contributed by atoms with Crippen molar-refractivity contribution in [3.63, 3.8) is 0 Å². The fraction of sp³-hybridized carbons (Fsp3) is 0.571. The van der Waals surface area contributed by atoms with Gasteiger partial charge >= 0.3 is 0 Å². The van der Waals surface area contributed by atoms with Crippen molar-refractivity contribution < 1.29 is 13.2 Å². The quantitative estimate of drug-likeness (QED) is 0.742. The zero-order valence-electron chi connectivity index (χ0n) is 12.4. The Kier molecular flexibility index (Phi) is 6.45. The molecule has 1 aromatic rings. The summed E-state index contributed by atoms with van der Waals surface area (Å²) in [5, 5.41) is 0. The summed E-state index contributed by atoms with van der Waals surface area (Å²) >= 11 is 0. The first-order chi connectivity index (χ1) is 9.42. The minimum Gasteiger partial charge on any atom is -0.381 e. The number of rotatable bonds is 8. The summed E-state index contributed by atoms with van der Waals surface area (Å²) in [6, 6.07) is 7.14. The first-order valence-corrected chi connectivity index (χ1v) is 8.42. The average Bonchev–Trinajstić information content (AvgIpc) is 2.39. The average molecular weight is 300 g/mol. The molecule has 0 aliphatic carbocycles. The van der Waals surface area contributed by atoms with Gasteiger partial charge in [0.2, 0.25) is 10.0 Å². The van der Waals surface area contributed by atoms with E-state index in [-0.39, 0.29) is 18.4 Å². The molecule has 0 amide bonds. The van der Waals surface area contributed by atoms with Gasteiger partial charge < -0.3 is 10.5 Å². The van der Waals surface area contributed by atoms with Crippen molar-refractivity contribution in [1.82, 2.24) is 0 Å². The molecule has 0 saturated heterocycles. The van der Waals surface area contributed by atoms with Crippen LogP contribution in [-0.2, 0) is 21.3 Å². The summed E-state index contributed by atoms with van der Waals surface area (Å²) in [7, 11) is -3.39. The fourth-order valence-electron chi connectivity index (χ4n) is 1.97. The summed E-state index contributed by atoms with van der Waals surface area (Å²) in [4.78, 5) is 0. The lowest BCUT2D eigenvalue weighted by Crippen LogP contribution is -2.39. The van der Waals surface area contributed by atoms with Crippen LogP contribution in [0.3, 0.4) is 0 Å². The van der Waals surface area contributed by atoms with Gasteiger partial charge in [0.05, 0.1) is 18.0 Å². The van der Waals surface area contributed by atoms with Crippen molar-refractivity contribution in [3.8, 4) is 0 Å². The van der Waals surface area contributed by atoms with Crippen LogP contribution in [0.15, 0.2) is 24.3 Å². The van der Waals surface area contributed by atoms with E-state index in [1.807, 2.05) is 32.9 Å². The van der Waals surface area contributed by atoms with Crippen LogP contribution in [0, 0.1) is 0 Å². The van der Waals surface area contributed by atoms with E-state index >= 15 is 0 Å². The van der Waals surface area contributed by atoms with Gasteiger partial charge in [-0.05, 0) is 38.5 Å². The number of anilines is 1. The molecule has 0 bridgehead atoms. The first-order valence-electron chi connectivity index (χ1n) is 6.81. The van der Waals surface area contributed by atoms with E-state index in [2.05, 4.69) is 0 Å². The Balaban J connectivity index is 2.97. The number of hydrogen-bond donors (Lipinski definition) is 1. The van der Waals surface area contributed by atoms with Gasteiger partial charge in [-0.15, -0.1) is 0 Å². The highest BCUT2D eigenvalue weighted by molar-refractivity contribution is 7.92. The van der Waals surface area contributed by atoms with Crippen molar-refractivity contribution >= 4 is 15.7 Å². The number of hydrogen-bond acceptors (Lipinski definition) is 4. The van der Waals surface area contributed by atoms with Gasteiger partial charge in [-0.1, -0.05) is 12.1 Å². The molecule has 0 aliphatic rings. The van der Waals surface area contributed by atoms with Crippen LogP contribution in [-0.4, -0.2) is 33.4 Å². The Morgan fingerprint density at radius 1 is 1.25 bits per heavy atom. The largest absolute Gasteiger partial charge is 0.381 e. The summed E-state index contributed by atoms with van der Waals surface area (Å²) in [6.45, 7) is 6.73. The molecular weight excluding hydrogens is 276 g/mol. The lowest BCUT2D eigenvalue weighted by Gasteiger charge is -2.28. The van der Waals surface area contributed by atoms with E-state index in [0.717, 1.165) is 5.56 Å². The van der Waals surface area contributed by atoms with E-state index in [1.54, 1.807) is 12.1 Å². The Morgan fingerprint density at radius 2 is 1.85 bits per heavy atom. The van der Waals surface area contributed by atoms with E-state index < -0.39 is 10.0 Å². The first kappa shape index (κ1) is 16.9. The molecule has 0 atom stereocenters. The number of ether oxygens (including phenoxy) is 1. The van der Waals surface area contributed by atoms with Crippen LogP contribution in [0.1, 0.15) is 26.3 Å². The van der Waals surface area contributed by atoms with Crippen molar-refractivity contribution in [3.05, 3.63) is 29.8 Å². The smallest absolute Gasteiger partial charge is 0.237 e. The molecule has 20 heavy (non-hydrogen) atoms. The van der Waals surface area contributed by atoms with Crippen molar-refractivity contribution in [2.75, 3.05) is 23.3 Å². The highest BCUT2D eigenvalue weighted by Crippen LogP contribution is 2.22. The van der Waals surface area contributed by atoms with Crippen molar-refractivity contribution in [1.29, 1.82) is 0 Å². The summed E-state index contributed by atoms with van der Waals surface area (Å²) in [6.07, 6.45) is 0. The van der Waals surface area contributed by atoms with E-state index in [0.29, 0.717) is 18.8 Å². The predicted octanol–water partition coefficient (Wildman–Crippen LogP) is 1.73. The number of sulfonamides is 1. The molecule has 0 saturated carbocycles. The van der Waals surface area contributed by atoms with Crippen LogP contribution in [0.25, 0.3) is 0 Å². The minimum absolute atomic E-state index is 0.0162. The van der Waals surface area contributed by atoms with Crippen LogP contribution in [0.2, 0.25) is 0 Å². The fourth-order valence-corrected chi connectivity index (χ4v) is 3.58. The van der Waals surface area contributed by atoms with Crippen LogP contribution < -0.4 is 10.0 Å². The van der Waals surface area contributed by atoms with Gasteiger partial charge in [0, 0.05) is 19.2 Å². The molecule has 2 N–H and O–H groups in total. The molecule has 0 unspecified atom stereocenters. The zero-order valence-corrected chi connectivity index (χ0v) is 13.2. The topological polar surface area (TPSA) is 72.6 Å². The normalized spacial score (nSPS) is 11.8. The Morgan fingerprint density at radius 3 is 2.30 bits per heavy atom. The third-order valence-corrected chi connectivity index (χ3v) is 4.80. The molecule has 114 valence electrons. The molecule has 1 aromatic carbocycles. The molecule has 0 heterocycles. The zero-order chi connectivity index (χ0) is 15.2. The Hall–Kier alpha value is -1.11. The van der Waals surface area contributed by atoms with Crippen LogP contribution >= 0.6 is 0 Å². The third kappa shape index (κ3) is 4.47. The number of nitrogens with two attached hydrogens (primary N) is 1. The molecule has 0 aromatic heterocycles. The van der Waals surface area contributed by atoms with Crippen molar-refractivity contribution in [2.45, 2.75) is 33.4 Å². The maximum absolute atomic E-state index is 12.4. The van der Waals surface area contributed by atoms with Gasteiger partial charge in [-0.25, -0.2) is 8.42 Å². The summed E-state index contributed by atoms with van der Waals surface area (Å²) in [5.74, 6) is -0.0162. The highest BCUT2D eigenvalue weighted by Gasteiger charge is 2.24. The van der Waals surface area contributed by atoms with E-state index in [4.69, 9.17) is 10.5 Å². The second-order valence-electron chi connectivity index (χ2n) is 4.77. The lowest BCUT2D eigenvalue weighted by atomic mass is 10.2. The Bertz CT molecular complexity index is 498. The molecule has 0 spiro atoms. The maximum atomic E-state index is 12.4. The molecular formula is C14H24N2O3S. The van der Waals surface area contributed by atoms with Gasteiger partial charge in [-0.2, -0.15) is 0 Å². The molecule has 1 rings (SSSR count). The van der Waals surface area contributed by atoms with Gasteiger partial charge in [-0.3, -0.25) is 4.31 Å². The van der Waals surface area contributed by atoms with E-state index in [1.165, 1.54) is 4.31 Å². The predicted molar refractivity (Wildman–Crippen MR) is 82.2 cm³/mol. The SMILES string of the molecule is CCOCCS(=O)(=O)N(c1ccc(CN)cc1)C(C)C. The molecule has 0 fully saturated rings.